The molecule has 0 amide bonds. The van der Waals surface area contributed by atoms with Crippen molar-refractivity contribution in [3.63, 3.8) is 0 Å². The van der Waals surface area contributed by atoms with Gasteiger partial charge in [0.2, 0.25) is 0 Å². The molecule has 0 saturated heterocycles. The SMILES string of the molecule is C=CNC1=CC(C(C)C)CCC1C. The van der Waals surface area contributed by atoms with Crippen molar-refractivity contribution in [1.82, 2.24) is 5.32 Å². The molecule has 1 aliphatic carbocycles. The topological polar surface area (TPSA) is 12.0 Å². The normalized spacial score (nSPS) is 28.5. The molecule has 0 spiro atoms. The standard InChI is InChI=1S/C12H21N/c1-5-13-12-8-11(9(2)3)7-6-10(12)4/h5,8-11,13H,1,6-7H2,2-4H3. The summed E-state index contributed by atoms with van der Waals surface area (Å²) in [5, 5.41) is 3.24. The maximum Gasteiger partial charge on any atom is 0.0137 e. The van der Waals surface area contributed by atoms with Crippen LogP contribution in [0.2, 0.25) is 0 Å². The average molecular weight is 179 g/mol. The van der Waals surface area contributed by atoms with Crippen molar-refractivity contribution in [3.05, 3.63) is 24.6 Å². The average Bonchev–Trinajstić information content (AvgIpc) is 2.08. The minimum atomic E-state index is 0.674. The van der Waals surface area contributed by atoms with E-state index in [-0.39, 0.29) is 0 Å². The van der Waals surface area contributed by atoms with Crippen molar-refractivity contribution in [1.29, 1.82) is 0 Å². The summed E-state index contributed by atoms with van der Waals surface area (Å²) in [6.07, 6.45) is 6.81. The molecule has 2 atom stereocenters. The van der Waals surface area contributed by atoms with E-state index < -0.39 is 0 Å². The summed E-state index contributed by atoms with van der Waals surface area (Å²) in [5.74, 6) is 2.18. The maximum absolute atomic E-state index is 3.71. The smallest absolute Gasteiger partial charge is 0.0137 e. The molecule has 1 rings (SSSR count). The minimum absolute atomic E-state index is 0.674. The van der Waals surface area contributed by atoms with E-state index in [0.29, 0.717) is 5.92 Å². The Hall–Kier alpha value is -0.720. The molecule has 0 aromatic rings. The fraction of sp³-hybridized carbons (Fsp3) is 0.667. The van der Waals surface area contributed by atoms with Crippen LogP contribution < -0.4 is 5.32 Å². The van der Waals surface area contributed by atoms with Gasteiger partial charge in [-0.05, 0) is 36.8 Å². The molecular formula is C12H21N. The zero-order valence-corrected chi connectivity index (χ0v) is 9.01. The first kappa shape index (κ1) is 10.4. The summed E-state index contributed by atoms with van der Waals surface area (Å²) in [7, 11) is 0. The van der Waals surface area contributed by atoms with Gasteiger partial charge in [0.1, 0.15) is 0 Å². The fourth-order valence-electron chi connectivity index (χ4n) is 1.91. The highest BCUT2D eigenvalue weighted by Crippen LogP contribution is 2.30. The molecule has 1 heteroatoms. The second kappa shape index (κ2) is 4.50. The Morgan fingerprint density at radius 3 is 2.77 bits per heavy atom. The molecule has 0 heterocycles. The van der Waals surface area contributed by atoms with Gasteiger partial charge in [-0.3, -0.25) is 0 Å². The second-order valence-electron chi connectivity index (χ2n) is 4.36. The Morgan fingerprint density at radius 1 is 1.54 bits per heavy atom. The predicted molar refractivity (Wildman–Crippen MR) is 58.1 cm³/mol. The van der Waals surface area contributed by atoms with Crippen molar-refractivity contribution >= 4 is 0 Å². The lowest BCUT2D eigenvalue weighted by Gasteiger charge is -2.28. The third-order valence-electron chi connectivity index (χ3n) is 2.98. The Labute approximate surface area is 81.9 Å². The molecule has 0 aromatic heterocycles. The van der Waals surface area contributed by atoms with Crippen LogP contribution in [0.25, 0.3) is 0 Å². The number of hydrogen-bond donors (Lipinski definition) is 1. The minimum Gasteiger partial charge on any atom is -0.366 e. The highest BCUT2D eigenvalue weighted by molar-refractivity contribution is 5.11. The molecule has 74 valence electrons. The van der Waals surface area contributed by atoms with Crippen molar-refractivity contribution in [2.24, 2.45) is 17.8 Å². The van der Waals surface area contributed by atoms with Gasteiger partial charge in [0, 0.05) is 5.70 Å². The lowest BCUT2D eigenvalue weighted by Crippen LogP contribution is -2.22. The summed E-state index contributed by atoms with van der Waals surface area (Å²) in [6.45, 7) is 10.6. The van der Waals surface area contributed by atoms with Crippen LogP contribution in [0.5, 0.6) is 0 Å². The Balaban J connectivity index is 2.69. The molecule has 0 fully saturated rings. The van der Waals surface area contributed by atoms with Crippen molar-refractivity contribution < 1.29 is 0 Å². The zero-order chi connectivity index (χ0) is 9.84. The molecule has 0 aliphatic heterocycles. The predicted octanol–water partition coefficient (Wildman–Crippen LogP) is 3.31. The van der Waals surface area contributed by atoms with E-state index in [2.05, 4.69) is 38.7 Å². The molecule has 2 unspecified atom stereocenters. The van der Waals surface area contributed by atoms with Crippen LogP contribution in [-0.4, -0.2) is 0 Å². The van der Waals surface area contributed by atoms with Crippen LogP contribution in [0.1, 0.15) is 33.6 Å². The number of rotatable bonds is 3. The summed E-state index contributed by atoms with van der Waals surface area (Å²) in [5.41, 5.74) is 1.36. The third-order valence-corrected chi connectivity index (χ3v) is 2.98. The van der Waals surface area contributed by atoms with Gasteiger partial charge in [0.15, 0.2) is 0 Å². The number of hydrogen-bond acceptors (Lipinski definition) is 1. The van der Waals surface area contributed by atoms with Gasteiger partial charge in [0.25, 0.3) is 0 Å². The van der Waals surface area contributed by atoms with E-state index in [4.69, 9.17) is 0 Å². The molecule has 1 nitrogen and oxygen atoms in total. The number of nitrogens with one attached hydrogen (secondary N) is 1. The van der Waals surface area contributed by atoms with Gasteiger partial charge in [-0.25, -0.2) is 0 Å². The largest absolute Gasteiger partial charge is 0.366 e. The van der Waals surface area contributed by atoms with E-state index in [1.807, 2.05) is 0 Å². The Morgan fingerprint density at radius 2 is 2.23 bits per heavy atom. The van der Waals surface area contributed by atoms with Crippen molar-refractivity contribution in [3.8, 4) is 0 Å². The zero-order valence-electron chi connectivity index (χ0n) is 9.01. The summed E-state index contributed by atoms with van der Waals surface area (Å²) in [6, 6.07) is 0. The van der Waals surface area contributed by atoms with Crippen LogP contribution in [0.15, 0.2) is 24.6 Å². The summed E-state index contributed by atoms with van der Waals surface area (Å²) in [4.78, 5) is 0. The van der Waals surface area contributed by atoms with E-state index in [0.717, 1.165) is 11.8 Å². The van der Waals surface area contributed by atoms with Crippen LogP contribution in [0, 0.1) is 17.8 Å². The highest BCUT2D eigenvalue weighted by Gasteiger charge is 2.20. The molecule has 1 aliphatic rings. The summed E-state index contributed by atoms with van der Waals surface area (Å²) < 4.78 is 0. The van der Waals surface area contributed by atoms with E-state index in [1.165, 1.54) is 18.5 Å². The molecule has 13 heavy (non-hydrogen) atoms. The molecular weight excluding hydrogens is 158 g/mol. The van der Waals surface area contributed by atoms with E-state index in [9.17, 15) is 0 Å². The van der Waals surface area contributed by atoms with E-state index in [1.54, 1.807) is 6.20 Å². The van der Waals surface area contributed by atoms with Crippen LogP contribution in [0.3, 0.4) is 0 Å². The van der Waals surface area contributed by atoms with Crippen LogP contribution in [-0.2, 0) is 0 Å². The molecule has 0 aromatic carbocycles. The molecule has 0 saturated carbocycles. The second-order valence-corrected chi connectivity index (χ2v) is 4.36. The van der Waals surface area contributed by atoms with Gasteiger partial charge in [0.05, 0.1) is 0 Å². The maximum atomic E-state index is 3.71. The van der Waals surface area contributed by atoms with Gasteiger partial charge >= 0.3 is 0 Å². The first-order chi connectivity index (χ1) is 6.15. The third kappa shape index (κ3) is 2.61. The Kier molecular flexibility index (Phi) is 3.58. The Bertz CT molecular complexity index is 203. The fourth-order valence-corrected chi connectivity index (χ4v) is 1.91. The molecule has 0 radical (unpaired) electrons. The monoisotopic (exact) mass is 179 g/mol. The number of allylic oxidation sites excluding steroid dienone is 2. The van der Waals surface area contributed by atoms with Gasteiger partial charge < -0.3 is 5.32 Å². The lowest BCUT2D eigenvalue weighted by atomic mass is 9.81. The quantitative estimate of drug-likeness (QED) is 0.701. The van der Waals surface area contributed by atoms with Gasteiger partial charge in [-0.2, -0.15) is 0 Å². The van der Waals surface area contributed by atoms with Gasteiger partial charge in [-0.1, -0.05) is 33.4 Å². The van der Waals surface area contributed by atoms with Crippen molar-refractivity contribution in [2.45, 2.75) is 33.6 Å². The van der Waals surface area contributed by atoms with Crippen LogP contribution in [0.4, 0.5) is 0 Å². The molecule has 0 bridgehead atoms. The first-order valence-electron chi connectivity index (χ1n) is 5.24. The lowest BCUT2D eigenvalue weighted by molar-refractivity contribution is 0.365. The van der Waals surface area contributed by atoms with Gasteiger partial charge in [-0.15, -0.1) is 0 Å². The van der Waals surface area contributed by atoms with Crippen molar-refractivity contribution in [2.75, 3.05) is 0 Å². The summed E-state index contributed by atoms with van der Waals surface area (Å²) >= 11 is 0. The molecule has 1 N–H and O–H groups in total. The van der Waals surface area contributed by atoms with E-state index >= 15 is 0 Å². The highest BCUT2D eigenvalue weighted by atomic mass is 14.9. The van der Waals surface area contributed by atoms with Crippen LogP contribution >= 0.6 is 0 Å². The first-order valence-corrected chi connectivity index (χ1v) is 5.24.